The minimum Gasteiger partial charge on any atom is -0.309 e. The van der Waals surface area contributed by atoms with Gasteiger partial charge in [-0.25, -0.2) is 4.98 Å². The summed E-state index contributed by atoms with van der Waals surface area (Å²) < 4.78 is 0. The smallest absolute Gasteiger partial charge is 0.107 e. The van der Waals surface area contributed by atoms with Gasteiger partial charge in [0.2, 0.25) is 0 Å². The number of rotatable bonds is 3. The minimum atomic E-state index is 0.575. The van der Waals surface area contributed by atoms with E-state index in [0.29, 0.717) is 11.3 Å². The fourth-order valence-electron chi connectivity index (χ4n) is 2.65. The van der Waals surface area contributed by atoms with Crippen LogP contribution in [0.5, 0.6) is 0 Å². The molecule has 1 aromatic rings. The molecule has 1 saturated heterocycles. The summed E-state index contributed by atoms with van der Waals surface area (Å²) in [6.07, 6.45) is 3.77. The Morgan fingerprint density at radius 2 is 2.33 bits per heavy atom. The van der Waals surface area contributed by atoms with Crippen LogP contribution in [0, 0.1) is 0 Å². The van der Waals surface area contributed by atoms with Crippen molar-refractivity contribution in [1.29, 1.82) is 0 Å². The summed E-state index contributed by atoms with van der Waals surface area (Å²) in [6, 6.07) is 0.575. The van der Waals surface area contributed by atoms with Crippen LogP contribution < -0.4 is 5.32 Å². The molecule has 2 aliphatic rings. The highest BCUT2D eigenvalue weighted by atomic mass is 32.2. The summed E-state index contributed by atoms with van der Waals surface area (Å²) in [7, 11) is 0. The Hall–Kier alpha value is 0.290. The van der Waals surface area contributed by atoms with Gasteiger partial charge < -0.3 is 5.32 Å². The van der Waals surface area contributed by atoms with Gasteiger partial charge in [0.25, 0.3) is 0 Å². The lowest BCUT2D eigenvalue weighted by Gasteiger charge is -2.21. The van der Waals surface area contributed by atoms with Crippen molar-refractivity contribution in [3.8, 4) is 0 Å². The molecule has 1 aliphatic carbocycles. The van der Waals surface area contributed by atoms with Gasteiger partial charge in [0.1, 0.15) is 5.01 Å². The van der Waals surface area contributed by atoms with E-state index in [9.17, 15) is 0 Å². The number of hydrogen-bond acceptors (Lipinski definition) is 5. The average Bonchev–Trinajstić information content (AvgIpc) is 2.85. The zero-order valence-corrected chi connectivity index (χ0v) is 13.2. The van der Waals surface area contributed by atoms with E-state index in [1.165, 1.54) is 52.1 Å². The van der Waals surface area contributed by atoms with Crippen LogP contribution in [0.2, 0.25) is 0 Å². The number of hydrogen-bond donors (Lipinski definition) is 1. The first kappa shape index (κ1) is 13.3. The van der Waals surface area contributed by atoms with Crippen molar-refractivity contribution < 1.29 is 0 Å². The van der Waals surface area contributed by atoms with Gasteiger partial charge in [-0.15, -0.1) is 23.1 Å². The van der Waals surface area contributed by atoms with Crippen LogP contribution in [0.4, 0.5) is 0 Å². The molecule has 2 heterocycles. The highest BCUT2D eigenvalue weighted by molar-refractivity contribution is 8.06. The summed E-state index contributed by atoms with van der Waals surface area (Å²) in [5.74, 6) is 3.85. The maximum atomic E-state index is 4.95. The van der Waals surface area contributed by atoms with E-state index in [4.69, 9.17) is 4.98 Å². The van der Waals surface area contributed by atoms with Crippen molar-refractivity contribution >= 4 is 34.9 Å². The lowest BCUT2D eigenvalue weighted by Crippen LogP contribution is -2.23. The fourth-order valence-corrected chi connectivity index (χ4v) is 6.85. The molecular formula is C13H20N2S3. The third kappa shape index (κ3) is 2.74. The van der Waals surface area contributed by atoms with Crippen molar-refractivity contribution in [3.63, 3.8) is 0 Å². The Morgan fingerprint density at radius 3 is 3.11 bits per heavy atom. The summed E-state index contributed by atoms with van der Waals surface area (Å²) in [5, 5.41) is 5.66. The Kier molecular flexibility index (Phi) is 4.55. The molecule has 2 unspecified atom stereocenters. The number of thiazole rings is 1. The molecule has 2 nitrogen and oxygen atoms in total. The van der Waals surface area contributed by atoms with E-state index in [1.54, 1.807) is 0 Å². The first-order chi connectivity index (χ1) is 8.88. The predicted octanol–water partition coefficient (Wildman–Crippen LogP) is 3.65. The van der Waals surface area contributed by atoms with Crippen LogP contribution in [0.3, 0.4) is 0 Å². The van der Waals surface area contributed by atoms with Gasteiger partial charge in [-0.3, -0.25) is 0 Å². The van der Waals surface area contributed by atoms with E-state index in [-0.39, 0.29) is 0 Å². The summed E-state index contributed by atoms with van der Waals surface area (Å²) >= 11 is 6.17. The first-order valence-corrected chi connectivity index (χ1v) is 9.82. The number of aryl methyl sites for hydroxylation is 1. The second-order valence-electron chi connectivity index (χ2n) is 4.80. The van der Waals surface area contributed by atoms with E-state index in [1.807, 2.05) is 11.3 Å². The number of fused-ring (bicyclic) bond motifs is 1. The molecule has 3 rings (SSSR count). The van der Waals surface area contributed by atoms with Crippen molar-refractivity contribution in [1.82, 2.24) is 10.3 Å². The summed E-state index contributed by atoms with van der Waals surface area (Å²) in [5.41, 5.74) is 1.39. The van der Waals surface area contributed by atoms with Crippen LogP contribution in [0.15, 0.2) is 0 Å². The molecule has 0 bridgehead atoms. The van der Waals surface area contributed by atoms with Crippen LogP contribution in [-0.4, -0.2) is 28.8 Å². The van der Waals surface area contributed by atoms with Crippen molar-refractivity contribution in [3.05, 3.63) is 15.6 Å². The molecule has 0 saturated carbocycles. The number of aromatic nitrogens is 1. The van der Waals surface area contributed by atoms with Gasteiger partial charge in [-0.2, -0.15) is 11.8 Å². The maximum absolute atomic E-state index is 4.95. The zero-order valence-electron chi connectivity index (χ0n) is 10.8. The Morgan fingerprint density at radius 1 is 1.39 bits per heavy atom. The summed E-state index contributed by atoms with van der Waals surface area (Å²) in [6.45, 7) is 3.26. The van der Waals surface area contributed by atoms with Gasteiger partial charge in [0.15, 0.2) is 0 Å². The molecular weight excluding hydrogens is 280 g/mol. The number of thioether (sulfide) groups is 2. The topological polar surface area (TPSA) is 24.9 Å². The highest BCUT2D eigenvalue weighted by Gasteiger charge is 2.27. The number of nitrogens with one attached hydrogen (secondary N) is 1. The molecule has 1 aromatic heterocycles. The monoisotopic (exact) mass is 300 g/mol. The molecule has 0 spiro atoms. The van der Waals surface area contributed by atoms with Gasteiger partial charge >= 0.3 is 0 Å². The van der Waals surface area contributed by atoms with E-state index >= 15 is 0 Å². The van der Waals surface area contributed by atoms with Gasteiger partial charge in [0, 0.05) is 28.2 Å². The largest absolute Gasteiger partial charge is 0.309 e. The average molecular weight is 301 g/mol. The highest BCUT2D eigenvalue weighted by Crippen LogP contribution is 2.42. The third-order valence-electron chi connectivity index (χ3n) is 3.51. The molecule has 18 heavy (non-hydrogen) atoms. The lowest BCUT2D eigenvalue weighted by atomic mass is 9.98. The quantitative estimate of drug-likeness (QED) is 0.921. The molecule has 0 radical (unpaired) electrons. The van der Waals surface area contributed by atoms with Gasteiger partial charge in [0.05, 0.1) is 10.9 Å². The molecule has 0 aromatic carbocycles. The van der Waals surface area contributed by atoms with Gasteiger partial charge in [-0.05, 0) is 25.8 Å². The SMILES string of the molecule is CCNC1CCCc2nc(C3CSCCS3)sc21. The van der Waals surface area contributed by atoms with Crippen LogP contribution >= 0.6 is 34.9 Å². The van der Waals surface area contributed by atoms with Crippen LogP contribution in [0.25, 0.3) is 0 Å². The molecule has 2 atom stereocenters. The maximum Gasteiger partial charge on any atom is 0.107 e. The first-order valence-electron chi connectivity index (χ1n) is 6.80. The van der Waals surface area contributed by atoms with E-state index in [0.717, 1.165) is 6.54 Å². The zero-order chi connectivity index (χ0) is 12.4. The normalized spacial score (nSPS) is 28.1. The Bertz CT molecular complexity index is 399. The second-order valence-corrected chi connectivity index (χ2v) is 8.32. The third-order valence-corrected chi connectivity index (χ3v) is 7.75. The van der Waals surface area contributed by atoms with Crippen molar-refractivity contribution in [2.24, 2.45) is 0 Å². The molecule has 0 amide bonds. The van der Waals surface area contributed by atoms with E-state index < -0.39 is 0 Å². The molecule has 1 N–H and O–H groups in total. The molecule has 100 valence electrons. The predicted molar refractivity (Wildman–Crippen MR) is 84.0 cm³/mol. The standard InChI is InChI=1S/C13H20N2S3/c1-2-14-9-4-3-5-10-12(9)18-13(15-10)11-8-16-6-7-17-11/h9,11,14H,2-8H2,1H3. The molecule has 5 heteroatoms. The van der Waals surface area contributed by atoms with Crippen molar-refractivity contribution in [2.45, 2.75) is 37.5 Å². The second kappa shape index (κ2) is 6.16. The fraction of sp³-hybridized carbons (Fsp3) is 0.769. The molecule has 1 aliphatic heterocycles. The summed E-state index contributed by atoms with van der Waals surface area (Å²) in [4.78, 5) is 6.49. The lowest BCUT2D eigenvalue weighted by molar-refractivity contribution is 0.476. The van der Waals surface area contributed by atoms with Crippen LogP contribution in [-0.2, 0) is 6.42 Å². The number of nitrogens with zero attached hydrogens (tertiary/aromatic N) is 1. The van der Waals surface area contributed by atoms with Gasteiger partial charge in [-0.1, -0.05) is 6.92 Å². The van der Waals surface area contributed by atoms with Crippen molar-refractivity contribution in [2.75, 3.05) is 23.8 Å². The Labute approximate surface area is 122 Å². The van der Waals surface area contributed by atoms with Crippen LogP contribution in [0.1, 0.15) is 46.6 Å². The minimum absolute atomic E-state index is 0.575. The van der Waals surface area contributed by atoms with E-state index in [2.05, 4.69) is 35.8 Å². The Balaban J connectivity index is 1.81. The molecule has 1 fully saturated rings.